The second-order valence-electron chi connectivity index (χ2n) is 6.12. The molecular weight excluding hydrogens is 248 g/mol. The minimum Gasteiger partial charge on any atom is -0.338 e. The number of hydrogen-bond donors (Lipinski definition) is 1. The van der Waals surface area contributed by atoms with Gasteiger partial charge < -0.3 is 5.32 Å². The van der Waals surface area contributed by atoms with Gasteiger partial charge in [-0.15, -0.1) is 0 Å². The minimum absolute atomic E-state index is 0.000342. The summed E-state index contributed by atoms with van der Waals surface area (Å²) in [5.41, 5.74) is 1.77. The quantitative estimate of drug-likeness (QED) is 0.914. The Morgan fingerprint density at radius 1 is 1.40 bits per heavy atom. The molecule has 0 bridgehead atoms. The first kappa shape index (κ1) is 14.6. The highest BCUT2D eigenvalue weighted by Crippen LogP contribution is 2.28. The third-order valence-corrected chi connectivity index (χ3v) is 3.97. The maximum atomic E-state index is 12.0. The number of aryl methyl sites for hydroxylation is 1. The molecule has 0 unspecified atom stereocenters. The molecule has 0 fully saturated rings. The lowest BCUT2D eigenvalue weighted by molar-refractivity contribution is -0.122. The van der Waals surface area contributed by atoms with E-state index in [4.69, 9.17) is 0 Å². The highest BCUT2D eigenvalue weighted by Gasteiger charge is 2.35. The van der Waals surface area contributed by atoms with E-state index in [1.54, 1.807) is 0 Å². The molecule has 2 rings (SSSR count). The highest BCUT2D eigenvalue weighted by molar-refractivity contribution is 5.77. The SMILES string of the molecule is CC(C)CCC(=O)N[C@]1(C#N)CCc2ccccc2C1. The fourth-order valence-electron chi connectivity index (χ4n) is 2.71. The van der Waals surface area contributed by atoms with Crippen molar-refractivity contribution in [2.75, 3.05) is 0 Å². The molecule has 0 saturated carbocycles. The summed E-state index contributed by atoms with van der Waals surface area (Å²) >= 11 is 0. The molecule has 0 heterocycles. The maximum Gasteiger partial charge on any atom is 0.221 e. The number of nitriles is 1. The molecule has 20 heavy (non-hydrogen) atoms. The van der Waals surface area contributed by atoms with E-state index in [-0.39, 0.29) is 5.91 Å². The number of benzene rings is 1. The second kappa shape index (κ2) is 6.09. The van der Waals surface area contributed by atoms with Gasteiger partial charge in [-0.1, -0.05) is 38.1 Å². The normalized spacial score (nSPS) is 21.1. The number of nitrogens with zero attached hydrogens (tertiary/aromatic N) is 1. The first-order valence-electron chi connectivity index (χ1n) is 7.34. The first-order valence-corrected chi connectivity index (χ1v) is 7.34. The number of hydrogen-bond acceptors (Lipinski definition) is 2. The summed E-state index contributed by atoms with van der Waals surface area (Å²) in [4.78, 5) is 12.0. The van der Waals surface area contributed by atoms with E-state index in [2.05, 4.69) is 37.4 Å². The largest absolute Gasteiger partial charge is 0.338 e. The fourth-order valence-corrected chi connectivity index (χ4v) is 2.71. The molecule has 0 radical (unpaired) electrons. The number of carbonyl (C=O) groups excluding carboxylic acids is 1. The van der Waals surface area contributed by atoms with Gasteiger partial charge in [-0.25, -0.2) is 0 Å². The van der Waals surface area contributed by atoms with Gasteiger partial charge in [0.15, 0.2) is 0 Å². The Morgan fingerprint density at radius 3 is 2.75 bits per heavy atom. The summed E-state index contributed by atoms with van der Waals surface area (Å²) in [6, 6.07) is 10.5. The molecule has 0 aliphatic heterocycles. The molecule has 1 N–H and O–H groups in total. The average molecular weight is 270 g/mol. The molecule has 1 aliphatic carbocycles. The molecule has 106 valence electrons. The van der Waals surface area contributed by atoms with Gasteiger partial charge >= 0.3 is 0 Å². The third-order valence-electron chi connectivity index (χ3n) is 3.97. The van der Waals surface area contributed by atoms with Gasteiger partial charge in [-0.05, 0) is 36.3 Å². The molecule has 0 spiro atoms. The predicted octanol–water partition coefficient (Wildman–Crippen LogP) is 2.99. The molecule has 1 aromatic carbocycles. The van der Waals surface area contributed by atoms with Crippen LogP contribution in [0.5, 0.6) is 0 Å². The summed E-state index contributed by atoms with van der Waals surface area (Å²) in [6.07, 6.45) is 3.54. The Balaban J connectivity index is 2.05. The zero-order valence-electron chi connectivity index (χ0n) is 12.3. The first-order chi connectivity index (χ1) is 9.54. The lowest BCUT2D eigenvalue weighted by atomic mass is 9.78. The summed E-state index contributed by atoms with van der Waals surface area (Å²) in [5, 5.41) is 12.5. The van der Waals surface area contributed by atoms with E-state index in [0.717, 1.165) is 12.8 Å². The summed E-state index contributed by atoms with van der Waals surface area (Å²) in [7, 11) is 0. The van der Waals surface area contributed by atoms with Crippen LogP contribution in [-0.2, 0) is 17.6 Å². The second-order valence-corrected chi connectivity index (χ2v) is 6.12. The molecule has 1 atom stereocenters. The van der Waals surface area contributed by atoms with Gasteiger partial charge in [0, 0.05) is 12.8 Å². The van der Waals surface area contributed by atoms with Gasteiger partial charge in [0.05, 0.1) is 6.07 Å². The fraction of sp³-hybridized carbons (Fsp3) is 0.529. The summed E-state index contributed by atoms with van der Waals surface area (Å²) < 4.78 is 0. The van der Waals surface area contributed by atoms with Crippen molar-refractivity contribution < 1.29 is 4.79 Å². The Labute approximate surface area is 121 Å². The summed E-state index contributed by atoms with van der Waals surface area (Å²) in [6.45, 7) is 4.20. The molecule has 1 aliphatic rings. The van der Waals surface area contributed by atoms with Crippen LogP contribution in [0.1, 0.15) is 44.2 Å². The minimum atomic E-state index is -0.720. The Bertz CT molecular complexity index is 530. The number of carbonyl (C=O) groups is 1. The third kappa shape index (κ3) is 3.39. The van der Waals surface area contributed by atoms with Gasteiger partial charge in [-0.3, -0.25) is 4.79 Å². The van der Waals surface area contributed by atoms with Crippen LogP contribution in [0.25, 0.3) is 0 Å². The monoisotopic (exact) mass is 270 g/mol. The molecule has 3 nitrogen and oxygen atoms in total. The van der Waals surface area contributed by atoms with E-state index in [0.29, 0.717) is 25.2 Å². The van der Waals surface area contributed by atoms with Gasteiger partial charge in [0.1, 0.15) is 5.54 Å². The van der Waals surface area contributed by atoms with Crippen molar-refractivity contribution >= 4 is 5.91 Å². The van der Waals surface area contributed by atoms with Crippen molar-refractivity contribution in [3.63, 3.8) is 0 Å². The van der Waals surface area contributed by atoms with Gasteiger partial charge in [0.2, 0.25) is 5.91 Å². The maximum absolute atomic E-state index is 12.0. The lowest BCUT2D eigenvalue weighted by Gasteiger charge is -2.33. The van der Waals surface area contributed by atoms with Crippen LogP contribution in [0.15, 0.2) is 24.3 Å². The number of nitrogens with one attached hydrogen (secondary N) is 1. The van der Waals surface area contributed by atoms with Crippen molar-refractivity contribution in [1.82, 2.24) is 5.32 Å². The molecule has 0 saturated heterocycles. The van der Waals surface area contributed by atoms with Crippen LogP contribution < -0.4 is 5.32 Å². The predicted molar refractivity (Wildman–Crippen MR) is 79.0 cm³/mol. The number of fused-ring (bicyclic) bond motifs is 1. The zero-order chi connectivity index (χ0) is 14.6. The van der Waals surface area contributed by atoms with E-state index in [1.165, 1.54) is 11.1 Å². The molecule has 0 aromatic heterocycles. The van der Waals surface area contributed by atoms with Crippen molar-refractivity contribution in [2.45, 2.75) is 51.5 Å². The van der Waals surface area contributed by atoms with E-state index < -0.39 is 5.54 Å². The van der Waals surface area contributed by atoms with Crippen LogP contribution in [-0.4, -0.2) is 11.4 Å². The average Bonchev–Trinajstić information content (AvgIpc) is 2.45. The lowest BCUT2D eigenvalue weighted by Crippen LogP contribution is -2.51. The Hall–Kier alpha value is -1.82. The zero-order valence-corrected chi connectivity index (χ0v) is 12.3. The van der Waals surface area contributed by atoms with E-state index >= 15 is 0 Å². The van der Waals surface area contributed by atoms with Crippen molar-refractivity contribution in [1.29, 1.82) is 5.26 Å². The molecule has 1 aromatic rings. The number of rotatable bonds is 4. The number of amides is 1. The summed E-state index contributed by atoms with van der Waals surface area (Å²) in [5.74, 6) is 0.505. The molecule has 3 heteroatoms. The van der Waals surface area contributed by atoms with E-state index in [9.17, 15) is 10.1 Å². The van der Waals surface area contributed by atoms with Crippen LogP contribution in [0.2, 0.25) is 0 Å². The smallest absolute Gasteiger partial charge is 0.221 e. The standard InChI is InChI=1S/C17H22N2O/c1-13(2)7-8-16(20)19-17(12-18)10-9-14-5-3-4-6-15(14)11-17/h3-6,13H,7-11H2,1-2H3,(H,19,20)/t17-/m1/s1. The van der Waals surface area contributed by atoms with Crippen LogP contribution in [0.4, 0.5) is 0 Å². The van der Waals surface area contributed by atoms with Crippen molar-refractivity contribution in [3.8, 4) is 6.07 Å². The Morgan fingerprint density at radius 2 is 2.10 bits per heavy atom. The van der Waals surface area contributed by atoms with Gasteiger partial charge in [-0.2, -0.15) is 5.26 Å². The van der Waals surface area contributed by atoms with Crippen LogP contribution in [0.3, 0.4) is 0 Å². The highest BCUT2D eigenvalue weighted by atomic mass is 16.1. The molecule has 1 amide bonds. The van der Waals surface area contributed by atoms with Gasteiger partial charge in [0.25, 0.3) is 0 Å². The van der Waals surface area contributed by atoms with Crippen LogP contribution >= 0.6 is 0 Å². The van der Waals surface area contributed by atoms with Crippen molar-refractivity contribution in [2.24, 2.45) is 5.92 Å². The van der Waals surface area contributed by atoms with Crippen LogP contribution in [0, 0.1) is 17.2 Å². The Kier molecular flexibility index (Phi) is 4.44. The van der Waals surface area contributed by atoms with E-state index in [1.807, 2.05) is 12.1 Å². The molecular formula is C17H22N2O. The topological polar surface area (TPSA) is 52.9 Å². The van der Waals surface area contributed by atoms with Crippen molar-refractivity contribution in [3.05, 3.63) is 35.4 Å².